The monoisotopic (exact) mass is 498 g/mol. The normalized spacial score (nSPS) is 10.6. The third-order valence-corrected chi connectivity index (χ3v) is 5.09. The summed E-state index contributed by atoms with van der Waals surface area (Å²) >= 11 is 3.43. The lowest BCUT2D eigenvalue weighted by Gasteiger charge is -2.12. The van der Waals surface area contributed by atoms with Crippen molar-refractivity contribution in [2.24, 2.45) is 5.10 Å². The highest BCUT2D eigenvalue weighted by Crippen LogP contribution is 2.35. The molecule has 0 radical (unpaired) electrons. The maximum absolute atomic E-state index is 12.5. The Balaban J connectivity index is 1.66. The summed E-state index contributed by atoms with van der Waals surface area (Å²) in [5, 5.41) is 4.03. The Hall–Kier alpha value is -3.52. The number of carbonyl (C=O) groups excluding carboxylic acids is 1. The molecule has 0 aliphatic carbocycles. The van der Waals surface area contributed by atoms with Crippen molar-refractivity contribution in [1.29, 1.82) is 0 Å². The highest BCUT2D eigenvalue weighted by molar-refractivity contribution is 9.10. The fourth-order valence-electron chi connectivity index (χ4n) is 2.91. The van der Waals surface area contributed by atoms with Gasteiger partial charge >= 0.3 is 0 Å². The molecule has 1 amide bonds. The summed E-state index contributed by atoms with van der Waals surface area (Å²) in [7, 11) is 4.63. The first kappa shape index (κ1) is 23.1. The molecule has 0 saturated carbocycles. The van der Waals surface area contributed by atoms with Crippen molar-refractivity contribution < 1.29 is 23.7 Å². The zero-order chi connectivity index (χ0) is 22.9. The number of hydrazone groups is 1. The van der Waals surface area contributed by atoms with Crippen LogP contribution in [-0.4, -0.2) is 33.5 Å². The molecule has 0 aromatic heterocycles. The van der Waals surface area contributed by atoms with Crippen molar-refractivity contribution in [2.45, 2.75) is 6.61 Å². The Labute approximate surface area is 195 Å². The lowest BCUT2D eigenvalue weighted by molar-refractivity contribution is 0.0954. The van der Waals surface area contributed by atoms with Gasteiger partial charge in [-0.15, -0.1) is 0 Å². The van der Waals surface area contributed by atoms with Crippen LogP contribution in [0.4, 0.5) is 0 Å². The van der Waals surface area contributed by atoms with Crippen molar-refractivity contribution in [3.05, 3.63) is 81.8 Å². The fraction of sp³-hybridized carbons (Fsp3) is 0.167. The lowest BCUT2D eigenvalue weighted by Crippen LogP contribution is -2.17. The molecule has 32 heavy (non-hydrogen) atoms. The van der Waals surface area contributed by atoms with Crippen LogP contribution in [0, 0.1) is 0 Å². The minimum atomic E-state index is -0.381. The van der Waals surface area contributed by atoms with E-state index in [-0.39, 0.29) is 5.91 Å². The van der Waals surface area contributed by atoms with E-state index in [4.69, 9.17) is 18.9 Å². The lowest BCUT2D eigenvalue weighted by atomic mass is 10.2. The minimum absolute atomic E-state index is 0.381. The standard InChI is InChI=1S/C24H23BrN2O5/c1-29-21-13-18(9-10-20(21)32-15-16-7-5-4-6-8-16)24(28)27-26-14-17-11-19(25)23(31-3)22(12-17)30-2/h4-14H,15H2,1-3H3,(H,27,28)/b26-14+. The number of methoxy groups -OCH3 is 3. The Morgan fingerprint density at radius 2 is 1.69 bits per heavy atom. The third-order valence-electron chi connectivity index (χ3n) is 4.50. The highest BCUT2D eigenvalue weighted by atomic mass is 79.9. The van der Waals surface area contributed by atoms with E-state index in [1.54, 1.807) is 44.6 Å². The Morgan fingerprint density at radius 1 is 0.938 bits per heavy atom. The summed E-state index contributed by atoms with van der Waals surface area (Å²) in [6.45, 7) is 0.397. The molecular formula is C24H23BrN2O5. The maximum atomic E-state index is 12.5. The van der Waals surface area contributed by atoms with Crippen LogP contribution in [-0.2, 0) is 6.61 Å². The first-order valence-corrected chi connectivity index (χ1v) is 10.4. The molecule has 0 aliphatic rings. The average Bonchev–Trinajstić information content (AvgIpc) is 2.82. The maximum Gasteiger partial charge on any atom is 0.271 e. The van der Waals surface area contributed by atoms with Crippen LogP contribution >= 0.6 is 15.9 Å². The Morgan fingerprint density at radius 3 is 2.38 bits per heavy atom. The van der Waals surface area contributed by atoms with Gasteiger partial charge in [0.25, 0.3) is 5.91 Å². The van der Waals surface area contributed by atoms with Gasteiger partial charge in [0, 0.05) is 5.56 Å². The van der Waals surface area contributed by atoms with Crippen LogP contribution in [0.2, 0.25) is 0 Å². The molecule has 7 nitrogen and oxygen atoms in total. The van der Waals surface area contributed by atoms with Gasteiger partial charge < -0.3 is 18.9 Å². The van der Waals surface area contributed by atoms with Crippen molar-refractivity contribution in [2.75, 3.05) is 21.3 Å². The number of amides is 1. The molecule has 3 rings (SSSR count). The van der Waals surface area contributed by atoms with Crippen molar-refractivity contribution in [3.8, 4) is 23.0 Å². The second-order valence-electron chi connectivity index (χ2n) is 6.58. The SMILES string of the molecule is COc1cc(C(=O)N/N=C/c2cc(Br)c(OC)c(OC)c2)ccc1OCc1ccccc1. The average molecular weight is 499 g/mol. The zero-order valence-corrected chi connectivity index (χ0v) is 19.5. The Bertz CT molecular complexity index is 1100. The molecule has 3 aromatic rings. The highest BCUT2D eigenvalue weighted by Gasteiger charge is 2.12. The van der Waals surface area contributed by atoms with Crippen LogP contribution in [0.15, 0.2) is 70.2 Å². The first-order chi connectivity index (χ1) is 15.5. The number of hydrogen-bond acceptors (Lipinski definition) is 6. The third kappa shape index (κ3) is 5.79. The zero-order valence-electron chi connectivity index (χ0n) is 17.9. The van der Waals surface area contributed by atoms with E-state index in [1.165, 1.54) is 13.3 Å². The molecule has 0 spiro atoms. The predicted molar refractivity (Wildman–Crippen MR) is 126 cm³/mol. The summed E-state index contributed by atoms with van der Waals surface area (Å²) < 4.78 is 22.5. The summed E-state index contributed by atoms with van der Waals surface area (Å²) in [6, 6.07) is 18.3. The quantitative estimate of drug-likeness (QED) is 0.338. The van der Waals surface area contributed by atoms with Crippen molar-refractivity contribution in [3.63, 3.8) is 0 Å². The van der Waals surface area contributed by atoms with Gasteiger partial charge in [0.1, 0.15) is 6.61 Å². The summed E-state index contributed by atoms with van der Waals surface area (Å²) in [6.07, 6.45) is 1.51. The smallest absolute Gasteiger partial charge is 0.271 e. The first-order valence-electron chi connectivity index (χ1n) is 9.65. The number of hydrogen-bond donors (Lipinski definition) is 1. The molecule has 0 bridgehead atoms. The number of carbonyl (C=O) groups is 1. The predicted octanol–water partition coefficient (Wildman–Crippen LogP) is 4.82. The van der Waals surface area contributed by atoms with Crippen LogP contribution in [0.25, 0.3) is 0 Å². The molecule has 1 N–H and O–H groups in total. The van der Waals surface area contributed by atoms with Crippen LogP contribution in [0.3, 0.4) is 0 Å². The van der Waals surface area contributed by atoms with Gasteiger partial charge in [0.2, 0.25) is 0 Å². The topological polar surface area (TPSA) is 78.4 Å². The fourth-order valence-corrected chi connectivity index (χ4v) is 3.53. The van der Waals surface area contributed by atoms with E-state index >= 15 is 0 Å². The second-order valence-corrected chi connectivity index (χ2v) is 7.43. The van der Waals surface area contributed by atoms with E-state index in [0.29, 0.717) is 39.6 Å². The molecule has 0 saturated heterocycles. The largest absolute Gasteiger partial charge is 0.493 e. The van der Waals surface area contributed by atoms with Crippen molar-refractivity contribution >= 4 is 28.1 Å². The van der Waals surface area contributed by atoms with E-state index < -0.39 is 0 Å². The molecule has 3 aromatic carbocycles. The summed E-state index contributed by atoms with van der Waals surface area (Å²) in [4.78, 5) is 12.5. The number of benzene rings is 3. The van der Waals surface area contributed by atoms with E-state index in [0.717, 1.165) is 11.1 Å². The van der Waals surface area contributed by atoms with Gasteiger partial charge in [-0.25, -0.2) is 5.43 Å². The van der Waals surface area contributed by atoms with Gasteiger partial charge in [0.15, 0.2) is 23.0 Å². The molecular weight excluding hydrogens is 476 g/mol. The number of halogens is 1. The second kappa shape index (κ2) is 11.2. The molecule has 0 aliphatic heterocycles. The van der Waals surface area contributed by atoms with Crippen LogP contribution < -0.4 is 24.4 Å². The van der Waals surface area contributed by atoms with Crippen LogP contribution in [0.1, 0.15) is 21.5 Å². The molecule has 166 valence electrons. The van der Waals surface area contributed by atoms with Crippen LogP contribution in [0.5, 0.6) is 23.0 Å². The number of nitrogens with zero attached hydrogens (tertiary/aromatic N) is 1. The minimum Gasteiger partial charge on any atom is -0.493 e. The molecule has 0 heterocycles. The van der Waals surface area contributed by atoms with Gasteiger partial charge in [-0.05, 0) is 57.4 Å². The summed E-state index contributed by atoms with van der Waals surface area (Å²) in [5.41, 5.74) is 4.65. The molecule has 0 fully saturated rings. The molecule has 8 heteroatoms. The van der Waals surface area contributed by atoms with Crippen molar-refractivity contribution in [1.82, 2.24) is 5.43 Å². The molecule has 0 unspecified atom stereocenters. The molecule has 0 atom stereocenters. The van der Waals surface area contributed by atoms with Gasteiger partial charge in [0.05, 0.1) is 32.0 Å². The number of rotatable bonds is 9. The Kier molecular flexibility index (Phi) is 8.10. The van der Waals surface area contributed by atoms with Gasteiger partial charge in [-0.2, -0.15) is 5.10 Å². The summed E-state index contributed by atoms with van der Waals surface area (Å²) in [5.74, 6) is 1.75. The van der Waals surface area contributed by atoms with E-state index in [9.17, 15) is 4.79 Å². The number of nitrogens with one attached hydrogen (secondary N) is 1. The van der Waals surface area contributed by atoms with Gasteiger partial charge in [-0.1, -0.05) is 30.3 Å². The van der Waals surface area contributed by atoms with Gasteiger partial charge in [-0.3, -0.25) is 4.79 Å². The van der Waals surface area contributed by atoms with E-state index in [2.05, 4.69) is 26.5 Å². The van der Waals surface area contributed by atoms with E-state index in [1.807, 2.05) is 30.3 Å². The number of ether oxygens (including phenoxy) is 4.